The van der Waals surface area contributed by atoms with Crippen LogP contribution in [-0.2, 0) is 9.59 Å². The lowest BCUT2D eigenvalue weighted by Crippen LogP contribution is -2.51. The van der Waals surface area contributed by atoms with Gasteiger partial charge >= 0.3 is 5.91 Å². The van der Waals surface area contributed by atoms with E-state index in [0.717, 1.165) is 42.9 Å². The van der Waals surface area contributed by atoms with E-state index in [-0.39, 0.29) is 0 Å². The molecule has 2 fully saturated rings. The highest BCUT2D eigenvalue weighted by atomic mass is 16.2. The number of terminal acetylenes is 1. The largest absolute Gasteiger partial charge is 0.304 e. The summed E-state index contributed by atoms with van der Waals surface area (Å²) in [4.78, 5) is 26.0. The van der Waals surface area contributed by atoms with Crippen molar-refractivity contribution in [3.63, 3.8) is 0 Å². The van der Waals surface area contributed by atoms with E-state index in [9.17, 15) is 9.59 Å². The summed E-state index contributed by atoms with van der Waals surface area (Å²) in [5.74, 6) is 2.23. The maximum Gasteiger partial charge on any atom is 0.304 e. The molecule has 2 saturated carbocycles. The van der Waals surface area contributed by atoms with E-state index < -0.39 is 11.4 Å². The van der Waals surface area contributed by atoms with Crippen molar-refractivity contribution in [3.8, 4) is 12.3 Å². The summed E-state index contributed by atoms with van der Waals surface area (Å²) in [6.45, 7) is 0. The third-order valence-corrected chi connectivity index (χ3v) is 5.16. The predicted octanol–water partition coefficient (Wildman–Crippen LogP) is 2.85. The Labute approximate surface area is 140 Å². The van der Waals surface area contributed by atoms with Crippen molar-refractivity contribution < 1.29 is 9.59 Å². The van der Waals surface area contributed by atoms with Crippen molar-refractivity contribution in [3.05, 3.63) is 24.3 Å². The van der Waals surface area contributed by atoms with E-state index in [1.54, 1.807) is 0 Å². The molecule has 2 aromatic rings. The first-order chi connectivity index (χ1) is 11.7. The lowest BCUT2D eigenvalue weighted by atomic mass is 9.96. The smallest absolute Gasteiger partial charge is 0.301 e. The normalized spacial score (nSPS) is 19.1. The molecule has 0 radical (unpaired) electrons. The van der Waals surface area contributed by atoms with Crippen molar-refractivity contribution in [2.75, 3.05) is 4.90 Å². The minimum Gasteiger partial charge on any atom is -0.301 e. The van der Waals surface area contributed by atoms with Gasteiger partial charge in [-0.3, -0.25) is 14.4 Å². The van der Waals surface area contributed by atoms with E-state index in [1.165, 1.54) is 4.90 Å². The third-order valence-electron chi connectivity index (χ3n) is 5.16. The number of amides is 1. The minimum absolute atomic E-state index is 0.377. The van der Waals surface area contributed by atoms with Crippen LogP contribution in [0.5, 0.6) is 0 Å². The number of benzene rings is 1. The van der Waals surface area contributed by atoms with Gasteiger partial charge in [0.2, 0.25) is 0 Å². The van der Waals surface area contributed by atoms with Gasteiger partial charge in [-0.15, -0.1) is 6.42 Å². The van der Waals surface area contributed by atoms with Crippen LogP contribution >= 0.6 is 0 Å². The van der Waals surface area contributed by atoms with Gasteiger partial charge < -0.3 is 4.79 Å². The topological polar surface area (TPSA) is 55.2 Å². The van der Waals surface area contributed by atoms with Gasteiger partial charge in [0.15, 0.2) is 5.82 Å². The van der Waals surface area contributed by atoms with Crippen molar-refractivity contribution in [1.82, 2.24) is 9.78 Å². The summed E-state index contributed by atoms with van der Waals surface area (Å²) in [7, 11) is 0. The Kier molecular flexibility index (Phi) is 3.42. The average Bonchev–Trinajstić information content (AvgIpc) is 3.23. The number of aldehydes is 1. The summed E-state index contributed by atoms with van der Waals surface area (Å²) in [6, 6.07) is 8.21. The fraction of sp³-hybridized carbons (Fsp3) is 0.421. The number of hydrogen-bond acceptors (Lipinski definition) is 3. The van der Waals surface area contributed by atoms with E-state index in [1.807, 2.05) is 28.9 Å². The van der Waals surface area contributed by atoms with Crippen molar-refractivity contribution in [2.45, 2.75) is 50.1 Å². The van der Waals surface area contributed by atoms with Crippen LogP contribution in [0.3, 0.4) is 0 Å². The Balaban J connectivity index is 1.93. The summed E-state index contributed by atoms with van der Waals surface area (Å²) in [5, 5.41) is 5.60. The number of aromatic nitrogens is 2. The summed E-state index contributed by atoms with van der Waals surface area (Å²) < 4.78 is 1.98. The van der Waals surface area contributed by atoms with Gasteiger partial charge in [-0.25, -0.2) is 0 Å². The molecule has 0 bridgehead atoms. The van der Waals surface area contributed by atoms with Gasteiger partial charge in [0.25, 0.3) is 0 Å². The number of anilines is 1. The number of para-hydroxylation sites is 1. The van der Waals surface area contributed by atoms with Gasteiger partial charge in [-0.05, 0) is 43.7 Å². The van der Waals surface area contributed by atoms with Crippen LogP contribution in [0, 0.1) is 12.3 Å². The molecule has 1 aromatic heterocycles. The maximum atomic E-state index is 12.6. The second-order valence-corrected chi connectivity index (χ2v) is 6.73. The third kappa shape index (κ3) is 2.14. The van der Waals surface area contributed by atoms with Crippen LogP contribution in [0.25, 0.3) is 10.9 Å². The Morgan fingerprint density at radius 2 is 2.04 bits per heavy atom. The summed E-state index contributed by atoms with van der Waals surface area (Å²) in [6.07, 6.45) is 11.6. The van der Waals surface area contributed by atoms with Crippen molar-refractivity contribution in [1.29, 1.82) is 0 Å². The first kappa shape index (κ1) is 14.9. The number of fused-ring (bicyclic) bond motifs is 1. The standard InChI is InChI=1S/C19H19N3O2/c1-2-17(24)21(19(13-23)11-5-6-12-19)18-15-7-3-4-8-16(15)22(20-18)14-9-10-14/h1,3-4,7-8,13-14H,5-6,9-12H2. The molecular formula is C19H19N3O2. The summed E-state index contributed by atoms with van der Waals surface area (Å²) >= 11 is 0. The fourth-order valence-electron chi connectivity index (χ4n) is 3.79. The molecule has 0 aliphatic heterocycles. The van der Waals surface area contributed by atoms with Gasteiger partial charge in [0.1, 0.15) is 11.8 Å². The van der Waals surface area contributed by atoms with Gasteiger partial charge in [-0.2, -0.15) is 5.10 Å². The molecule has 122 valence electrons. The minimum atomic E-state index is -0.866. The molecular weight excluding hydrogens is 302 g/mol. The molecule has 1 amide bonds. The molecule has 5 heteroatoms. The zero-order valence-electron chi connectivity index (χ0n) is 13.4. The Morgan fingerprint density at radius 1 is 1.33 bits per heavy atom. The Hall–Kier alpha value is -2.61. The van der Waals surface area contributed by atoms with Gasteiger partial charge in [0, 0.05) is 5.39 Å². The molecule has 1 heterocycles. The summed E-state index contributed by atoms with van der Waals surface area (Å²) in [5.41, 5.74) is 0.124. The van der Waals surface area contributed by atoms with Gasteiger partial charge in [-0.1, -0.05) is 25.0 Å². The van der Waals surface area contributed by atoms with Crippen LogP contribution in [0.15, 0.2) is 24.3 Å². The zero-order chi connectivity index (χ0) is 16.7. The Bertz CT molecular complexity index is 851. The van der Waals surface area contributed by atoms with Crippen LogP contribution in [-0.4, -0.2) is 27.5 Å². The molecule has 2 aliphatic rings. The molecule has 24 heavy (non-hydrogen) atoms. The molecule has 2 aliphatic carbocycles. The van der Waals surface area contributed by atoms with Crippen LogP contribution in [0.2, 0.25) is 0 Å². The maximum absolute atomic E-state index is 12.6. The number of nitrogens with zero attached hydrogens (tertiary/aromatic N) is 3. The molecule has 0 unspecified atom stereocenters. The number of carbonyl (C=O) groups is 2. The van der Waals surface area contributed by atoms with Crippen molar-refractivity contribution in [2.24, 2.45) is 0 Å². The van der Waals surface area contributed by atoms with Crippen LogP contribution < -0.4 is 4.90 Å². The zero-order valence-corrected chi connectivity index (χ0v) is 13.4. The van der Waals surface area contributed by atoms with Crippen molar-refractivity contribution >= 4 is 28.9 Å². The monoisotopic (exact) mass is 321 g/mol. The lowest BCUT2D eigenvalue weighted by molar-refractivity contribution is -0.119. The molecule has 0 atom stereocenters. The number of hydrogen-bond donors (Lipinski definition) is 0. The fourth-order valence-corrected chi connectivity index (χ4v) is 3.79. The second-order valence-electron chi connectivity index (χ2n) is 6.73. The molecule has 0 N–H and O–H groups in total. The van der Waals surface area contributed by atoms with E-state index in [2.05, 4.69) is 5.92 Å². The first-order valence-electron chi connectivity index (χ1n) is 8.44. The highest BCUT2D eigenvalue weighted by molar-refractivity contribution is 6.12. The molecule has 0 spiro atoms. The molecule has 0 saturated heterocycles. The molecule has 4 rings (SSSR count). The lowest BCUT2D eigenvalue weighted by Gasteiger charge is -2.34. The average molecular weight is 321 g/mol. The number of carbonyl (C=O) groups excluding carboxylic acids is 2. The van der Waals surface area contributed by atoms with Crippen LogP contribution in [0.1, 0.15) is 44.6 Å². The van der Waals surface area contributed by atoms with E-state index >= 15 is 0 Å². The predicted molar refractivity (Wildman–Crippen MR) is 91.6 cm³/mol. The SMILES string of the molecule is C#CC(=O)N(c1nn(C2CC2)c2ccccc12)C1(C=O)CCCC1. The highest BCUT2D eigenvalue weighted by Gasteiger charge is 2.45. The first-order valence-corrected chi connectivity index (χ1v) is 8.44. The molecule has 1 aromatic carbocycles. The quantitative estimate of drug-likeness (QED) is 0.643. The second kappa shape index (κ2) is 5.48. The number of rotatable bonds is 4. The molecule has 5 nitrogen and oxygen atoms in total. The van der Waals surface area contributed by atoms with Gasteiger partial charge in [0.05, 0.1) is 11.6 Å². The van der Waals surface area contributed by atoms with E-state index in [4.69, 9.17) is 11.5 Å². The highest BCUT2D eigenvalue weighted by Crippen LogP contribution is 2.42. The van der Waals surface area contributed by atoms with E-state index in [0.29, 0.717) is 24.7 Å². The Morgan fingerprint density at radius 3 is 2.67 bits per heavy atom. The van der Waals surface area contributed by atoms with Crippen LogP contribution in [0.4, 0.5) is 5.82 Å².